The molecule has 0 aromatic heterocycles. The predicted molar refractivity (Wildman–Crippen MR) is 103 cm³/mol. The van der Waals surface area contributed by atoms with E-state index in [-0.39, 0.29) is 5.96 Å². The minimum absolute atomic E-state index is 0.0837. The maximum absolute atomic E-state index is 5.95. The van der Waals surface area contributed by atoms with Crippen LogP contribution in [0.1, 0.15) is 24.5 Å². The Morgan fingerprint density at radius 1 is 1.12 bits per heavy atom. The lowest BCUT2D eigenvalue weighted by Gasteiger charge is -2.13. The Morgan fingerprint density at radius 3 is 2.46 bits per heavy atom. The lowest BCUT2D eigenvalue weighted by Crippen LogP contribution is -2.22. The molecule has 0 saturated carbocycles. The fourth-order valence-electron chi connectivity index (χ4n) is 2.03. The molecule has 24 heavy (non-hydrogen) atoms. The van der Waals surface area contributed by atoms with Gasteiger partial charge >= 0.3 is 0 Å². The summed E-state index contributed by atoms with van der Waals surface area (Å²) in [5, 5.41) is 8.56. The van der Waals surface area contributed by atoms with E-state index in [9.17, 15) is 0 Å². The van der Waals surface area contributed by atoms with Crippen LogP contribution in [0.15, 0.2) is 57.1 Å². The van der Waals surface area contributed by atoms with Gasteiger partial charge in [-0.2, -0.15) is 5.10 Å². The fraction of sp³-hybridized carbons (Fsp3) is 0.176. The highest BCUT2D eigenvalue weighted by atomic mass is 79.9. The summed E-state index contributed by atoms with van der Waals surface area (Å²) in [5.74, 6) is 0.624. The number of hydrogen-bond acceptors (Lipinski definition) is 3. The second kappa shape index (κ2) is 8.70. The van der Waals surface area contributed by atoms with Crippen molar-refractivity contribution in [1.82, 2.24) is 0 Å². The number of guanidine groups is 1. The van der Waals surface area contributed by atoms with Crippen molar-refractivity contribution in [3.63, 3.8) is 0 Å². The molecule has 2 rings (SSSR count). The first-order valence-corrected chi connectivity index (χ1v) is 8.49. The molecule has 0 amide bonds. The molecule has 2 aromatic carbocycles. The third kappa shape index (κ3) is 5.25. The van der Waals surface area contributed by atoms with Gasteiger partial charge in [-0.25, -0.2) is 0 Å². The summed E-state index contributed by atoms with van der Waals surface area (Å²) < 4.78 is 6.87. The van der Waals surface area contributed by atoms with E-state index in [4.69, 9.17) is 27.8 Å². The molecular weight excluding hydrogens is 392 g/mol. The van der Waals surface area contributed by atoms with Crippen molar-refractivity contribution in [2.75, 3.05) is 0 Å². The maximum atomic E-state index is 5.95. The second-order valence-electron chi connectivity index (χ2n) is 4.98. The minimum Gasteiger partial charge on any atom is -0.488 e. The molecule has 4 N–H and O–H groups in total. The number of rotatable bonds is 6. The van der Waals surface area contributed by atoms with Crippen LogP contribution in [0.2, 0.25) is 5.02 Å². The Labute approximate surface area is 154 Å². The van der Waals surface area contributed by atoms with Crippen molar-refractivity contribution in [2.45, 2.75) is 20.0 Å². The number of hydrogen-bond donors (Lipinski definition) is 2. The molecule has 2 aromatic rings. The van der Waals surface area contributed by atoms with Crippen molar-refractivity contribution in [2.24, 2.45) is 21.7 Å². The minimum atomic E-state index is -0.0837. The Morgan fingerprint density at radius 2 is 1.83 bits per heavy atom. The van der Waals surface area contributed by atoms with Gasteiger partial charge in [0, 0.05) is 15.1 Å². The van der Waals surface area contributed by atoms with Crippen molar-refractivity contribution in [1.29, 1.82) is 0 Å². The van der Waals surface area contributed by atoms with Gasteiger partial charge in [0.25, 0.3) is 0 Å². The normalized spacial score (nSPS) is 11.2. The molecule has 0 heterocycles. The predicted octanol–water partition coefficient (Wildman–Crippen LogP) is 4.07. The van der Waals surface area contributed by atoms with Crippen LogP contribution in [0, 0.1) is 0 Å². The first kappa shape index (κ1) is 18.3. The van der Waals surface area contributed by atoms with Crippen LogP contribution in [-0.4, -0.2) is 11.7 Å². The number of ether oxygens (including phenoxy) is 1. The van der Waals surface area contributed by atoms with Crippen molar-refractivity contribution in [3.05, 3.63) is 63.1 Å². The molecule has 0 aliphatic rings. The van der Waals surface area contributed by atoms with Crippen LogP contribution >= 0.6 is 27.5 Å². The zero-order valence-electron chi connectivity index (χ0n) is 13.2. The first-order chi connectivity index (χ1) is 11.5. The van der Waals surface area contributed by atoms with Crippen LogP contribution in [0.4, 0.5) is 0 Å². The summed E-state index contributed by atoms with van der Waals surface area (Å²) in [4.78, 5) is 0. The quantitative estimate of drug-likeness (QED) is 0.428. The molecule has 0 aliphatic carbocycles. The van der Waals surface area contributed by atoms with Gasteiger partial charge < -0.3 is 16.2 Å². The summed E-state index contributed by atoms with van der Waals surface area (Å²) in [7, 11) is 0. The Balaban J connectivity index is 2.28. The van der Waals surface area contributed by atoms with E-state index < -0.39 is 0 Å². The first-order valence-electron chi connectivity index (χ1n) is 7.32. The monoisotopic (exact) mass is 408 g/mol. The summed E-state index contributed by atoms with van der Waals surface area (Å²) in [5.41, 5.74) is 13.3. The van der Waals surface area contributed by atoms with Gasteiger partial charge in [0.2, 0.25) is 5.96 Å². The molecule has 0 saturated heterocycles. The van der Waals surface area contributed by atoms with Gasteiger partial charge in [-0.15, -0.1) is 5.10 Å². The van der Waals surface area contributed by atoms with Crippen LogP contribution in [-0.2, 0) is 6.61 Å². The highest BCUT2D eigenvalue weighted by molar-refractivity contribution is 9.10. The molecule has 0 atom stereocenters. The second-order valence-corrected chi connectivity index (χ2v) is 6.33. The lowest BCUT2D eigenvalue weighted by molar-refractivity contribution is 0.305. The van der Waals surface area contributed by atoms with Crippen LogP contribution in [0.3, 0.4) is 0 Å². The van der Waals surface area contributed by atoms with E-state index in [0.717, 1.165) is 21.3 Å². The zero-order chi connectivity index (χ0) is 17.5. The molecule has 0 unspecified atom stereocenters. The van der Waals surface area contributed by atoms with E-state index in [1.807, 2.05) is 49.4 Å². The molecule has 126 valence electrons. The third-order valence-corrected chi connectivity index (χ3v) is 3.93. The molecule has 0 bridgehead atoms. The summed E-state index contributed by atoms with van der Waals surface area (Å²) in [6, 6.07) is 13.2. The van der Waals surface area contributed by atoms with E-state index in [1.165, 1.54) is 0 Å². The Bertz CT molecular complexity index is 756. The van der Waals surface area contributed by atoms with Gasteiger partial charge in [-0.05, 0) is 42.3 Å². The van der Waals surface area contributed by atoms with E-state index in [0.29, 0.717) is 23.8 Å². The highest BCUT2D eigenvalue weighted by Crippen LogP contribution is 2.26. The van der Waals surface area contributed by atoms with Crippen molar-refractivity contribution < 1.29 is 4.74 Å². The fourth-order valence-corrected chi connectivity index (χ4v) is 2.52. The topological polar surface area (TPSA) is 86.0 Å². The molecule has 0 fully saturated rings. The SMILES string of the molecule is CC/C(=N\N=C(N)N)c1cc(Br)ccc1OCc1ccc(Cl)cc1. The largest absolute Gasteiger partial charge is 0.488 e. The van der Waals surface area contributed by atoms with E-state index in [2.05, 4.69) is 26.1 Å². The summed E-state index contributed by atoms with van der Waals surface area (Å²) in [6.45, 7) is 2.40. The Hall–Kier alpha value is -2.05. The van der Waals surface area contributed by atoms with Crippen molar-refractivity contribution in [3.8, 4) is 5.75 Å². The smallest absolute Gasteiger partial charge is 0.211 e. The average Bonchev–Trinajstić information content (AvgIpc) is 2.56. The van der Waals surface area contributed by atoms with Gasteiger partial charge in [0.15, 0.2) is 0 Å². The highest BCUT2D eigenvalue weighted by Gasteiger charge is 2.11. The number of nitrogens with zero attached hydrogens (tertiary/aromatic N) is 2. The molecule has 0 radical (unpaired) electrons. The molecular formula is C17H18BrClN4O. The van der Waals surface area contributed by atoms with Gasteiger partial charge in [0.1, 0.15) is 12.4 Å². The van der Waals surface area contributed by atoms with E-state index in [1.54, 1.807) is 0 Å². The third-order valence-electron chi connectivity index (χ3n) is 3.18. The lowest BCUT2D eigenvalue weighted by atomic mass is 10.1. The maximum Gasteiger partial charge on any atom is 0.211 e. The van der Waals surface area contributed by atoms with Crippen molar-refractivity contribution >= 4 is 39.2 Å². The number of benzene rings is 2. The number of halogens is 2. The summed E-state index contributed by atoms with van der Waals surface area (Å²) >= 11 is 9.36. The molecule has 0 aliphatic heterocycles. The number of nitrogens with two attached hydrogens (primary N) is 2. The average molecular weight is 410 g/mol. The molecule has 0 spiro atoms. The van der Waals surface area contributed by atoms with Crippen LogP contribution in [0.25, 0.3) is 0 Å². The van der Waals surface area contributed by atoms with Gasteiger partial charge in [-0.1, -0.05) is 46.6 Å². The summed E-state index contributed by atoms with van der Waals surface area (Å²) in [6.07, 6.45) is 0.657. The van der Waals surface area contributed by atoms with Crippen LogP contribution < -0.4 is 16.2 Å². The zero-order valence-corrected chi connectivity index (χ0v) is 15.5. The molecule has 5 nitrogen and oxygen atoms in total. The van der Waals surface area contributed by atoms with E-state index >= 15 is 0 Å². The van der Waals surface area contributed by atoms with Gasteiger partial charge in [0.05, 0.1) is 5.71 Å². The standard InChI is InChI=1S/C17H18BrClN4O/c1-2-15(22-23-17(20)21)14-9-12(18)5-8-16(14)24-10-11-3-6-13(19)7-4-11/h3-9H,2,10H2,1H3,(H4,20,21,23)/b22-15+. The van der Waals surface area contributed by atoms with Crippen LogP contribution in [0.5, 0.6) is 5.75 Å². The molecule has 7 heteroatoms. The van der Waals surface area contributed by atoms with Gasteiger partial charge in [-0.3, -0.25) is 0 Å². The Kier molecular flexibility index (Phi) is 6.63.